The molecular weight excluding hydrogens is 350 g/mol. The second kappa shape index (κ2) is 8.67. The van der Waals surface area contributed by atoms with Crippen LogP contribution in [0.4, 0.5) is 0 Å². The van der Waals surface area contributed by atoms with Crippen LogP contribution < -0.4 is 0 Å². The van der Waals surface area contributed by atoms with E-state index in [4.69, 9.17) is 9.26 Å². The van der Waals surface area contributed by atoms with Crippen LogP contribution in [-0.2, 0) is 24.2 Å². The molecule has 2 atom stereocenters. The molecule has 5 nitrogen and oxygen atoms in total. The fourth-order valence-electron chi connectivity index (χ4n) is 3.90. The summed E-state index contributed by atoms with van der Waals surface area (Å²) < 4.78 is 11.4. The normalized spacial score (nSPS) is 19.4. The van der Waals surface area contributed by atoms with Crippen LogP contribution in [0.5, 0.6) is 0 Å². The average Bonchev–Trinajstić information content (AvgIpc) is 3.33. The summed E-state index contributed by atoms with van der Waals surface area (Å²) in [6, 6.07) is 15.3. The molecule has 3 aromatic rings. The first-order chi connectivity index (χ1) is 13.7. The lowest BCUT2D eigenvalue weighted by Gasteiger charge is -2.32. The monoisotopic (exact) mass is 377 g/mol. The van der Waals surface area contributed by atoms with Gasteiger partial charge >= 0.3 is 0 Å². The molecule has 0 saturated carbocycles. The van der Waals surface area contributed by atoms with E-state index in [-0.39, 0.29) is 0 Å². The van der Waals surface area contributed by atoms with Crippen LogP contribution in [-0.4, -0.2) is 34.3 Å². The topological polar surface area (TPSA) is 51.4 Å². The molecule has 0 unspecified atom stereocenters. The summed E-state index contributed by atoms with van der Waals surface area (Å²) >= 11 is 0. The van der Waals surface area contributed by atoms with Gasteiger partial charge in [-0.25, -0.2) is 0 Å². The zero-order valence-electron chi connectivity index (χ0n) is 16.5. The Hall–Kier alpha value is -2.50. The van der Waals surface area contributed by atoms with Crippen molar-refractivity contribution in [3.05, 3.63) is 83.0 Å². The lowest BCUT2D eigenvalue weighted by atomic mass is 9.95. The molecule has 0 amide bonds. The van der Waals surface area contributed by atoms with Crippen LogP contribution in [0.25, 0.3) is 0 Å². The lowest BCUT2D eigenvalue weighted by molar-refractivity contribution is 0.127. The van der Waals surface area contributed by atoms with E-state index >= 15 is 0 Å². The molecule has 3 heterocycles. The Kier molecular flexibility index (Phi) is 5.84. The Labute approximate surface area is 166 Å². The summed E-state index contributed by atoms with van der Waals surface area (Å²) in [5.41, 5.74) is 4.80. The molecule has 0 N–H and O–H groups in total. The Morgan fingerprint density at radius 2 is 1.68 bits per heavy atom. The SMILES string of the molecule is Cc1ccc(CN(Cc2ccncc2)[C@@H]2COC[C@H]2Cc2cc(C)no2)cc1. The van der Waals surface area contributed by atoms with Crippen molar-refractivity contribution in [2.75, 3.05) is 13.2 Å². The van der Waals surface area contributed by atoms with Crippen molar-refractivity contribution in [1.29, 1.82) is 0 Å². The third kappa shape index (κ3) is 4.66. The third-order valence-electron chi connectivity index (χ3n) is 5.42. The van der Waals surface area contributed by atoms with Crippen LogP contribution in [0.15, 0.2) is 59.4 Å². The molecule has 1 saturated heterocycles. The molecule has 0 bridgehead atoms. The first kappa shape index (κ1) is 18.8. The van der Waals surface area contributed by atoms with E-state index in [1.54, 1.807) is 0 Å². The molecule has 0 aliphatic carbocycles. The van der Waals surface area contributed by atoms with Gasteiger partial charge in [-0.05, 0) is 37.1 Å². The maximum Gasteiger partial charge on any atom is 0.137 e. The van der Waals surface area contributed by atoms with Gasteiger partial charge in [0.1, 0.15) is 5.76 Å². The van der Waals surface area contributed by atoms with Crippen molar-refractivity contribution >= 4 is 0 Å². The molecule has 0 spiro atoms. The van der Waals surface area contributed by atoms with Crippen LogP contribution in [0.2, 0.25) is 0 Å². The van der Waals surface area contributed by atoms with Crippen LogP contribution in [0.3, 0.4) is 0 Å². The molecule has 1 aromatic carbocycles. The predicted octanol–water partition coefficient (Wildman–Crippen LogP) is 3.95. The van der Waals surface area contributed by atoms with E-state index in [2.05, 4.69) is 58.4 Å². The highest BCUT2D eigenvalue weighted by atomic mass is 16.5. The van der Waals surface area contributed by atoms with E-state index in [0.29, 0.717) is 12.0 Å². The second-order valence-corrected chi connectivity index (χ2v) is 7.75. The predicted molar refractivity (Wildman–Crippen MR) is 108 cm³/mol. The van der Waals surface area contributed by atoms with Gasteiger partial charge in [0.05, 0.1) is 18.9 Å². The number of rotatable bonds is 7. The molecular formula is C23H27N3O2. The summed E-state index contributed by atoms with van der Waals surface area (Å²) in [5.74, 6) is 1.33. The molecule has 4 rings (SSSR count). The first-order valence-corrected chi connectivity index (χ1v) is 9.86. The van der Waals surface area contributed by atoms with Gasteiger partial charge < -0.3 is 9.26 Å². The molecule has 1 fully saturated rings. The number of aromatic nitrogens is 2. The maximum atomic E-state index is 5.91. The van der Waals surface area contributed by atoms with E-state index in [0.717, 1.165) is 44.2 Å². The summed E-state index contributed by atoms with van der Waals surface area (Å²) in [6.45, 7) is 7.35. The molecule has 5 heteroatoms. The lowest BCUT2D eigenvalue weighted by Crippen LogP contribution is -2.40. The number of benzene rings is 1. The number of nitrogens with zero attached hydrogens (tertiary/aromatic N) is 3. The zero-order chi connectivity index (χ0) is 19.3. The minimum absolute atomic E-state index is 0.333. The van der Waals surface area contributed by atoms with Crippen molar-refractivity contribution in [1.82, 2.24) is 15.0 Å². The molecule has 1 aliphatic heterocycles. The number of aryl methyl sites for hydroxylation is 2. The zero-order valence-corrected chi connectivity index (χ0v) is 16.5. The molecule has 0 radical (unpaired) electrons. The van der Waals surface area contributed by atoms with Gasteiger partial charge in [0.25, 0.3) is 0 Å². The van der Waals surface area contributed by atoms with E-state index in [9.17, 15) is 0 Å². The average molecular weight is 377 g/mol. The third-order valence-corrected chi connectivity index (χ3v) is 5.42. The fraction of sp³-hybridized carbons (Fsp3) is 0.391. The van der Waals surface area contributed by atoms with Crippen LogP contribution in [0.1, 0.15) is 28.1 Å². The Balaban J connectivity index is 1.54. The van der Waals surface area contributed by atoms with Gasteiger partial charge in [0.2, 0.25) is 0 Å². The van der Waals surface area contributed by atoms with Crippen molar-refractivity contribution in [3.63, 3.8) is 0 Å². The van der Waals surface area contributed by atoms with Crippen molar-refractivity contribution in [2.24, 2.45) is 5.92 Å². The fourth-order valence-corrected chi connectivity index (χ4v) is 3.90. The summed E-state index contributed by atoms with van der Waals surface area (Å²) in [5, 5.41) is 4.04. The standard InChI is InChI=1S/C23H27N3O2/c1-17-3-5-19(6-4-17)13-26(14-20-7-9-24-10-8-20)23-16-27-15-21(23)12-22-11-18(2)25-28-22/h3-11,21,23H,12-16H2,1-2H3/t21-,23-/m1/s1. The smallest absolute Gasteiger partial charge is 0.137 e. The van der Waals surface area contributed by atoms with Gasteiger partial charge in [0, 0.05) is 49.9 Å². The number of pyridine rings is 1. The highest BCUT2D eigenvalue weighted by Gasteiger charge is 2.34. The largest absolute Gasteiger partial charge is 0.379 e. The van der Waals surface area contributed by atoms with Gasteiger partial charge in [-0.1, -0.05) is 35.0 Å². The quantitative estimate of drug-likeness (QED) is 0.624. The first-order valence-electron chi connectivity index (χ1n) is 9.86. The Bertz CT molecular complexity index is 876. The minimum Gasteiger partial charge on any atom is -0.379 e. The van der Waals surface area contributed by atoms with E-state index in [1.807, 2.05) is 25.4 Å². The molecule has 1 aliphatic rings. The van der Waals surface area contributed by atoms with Crippen molar-refractivity contribution in [3.8, 4) is 0 Å². The van der Waals surface area contributed by atoms with Gasteiger partial charge in [-0.2, -0.15) is 0 Å². The van der Waals surface area contributed by atoms with E-state index < -0.39 is 0 Å². The summed E-state index contributed by atoms with van der Waals surface area (Å²) in [6.07, 6.45) is 4.57. The Morgan fingerprint density at radius 3 is 2.36 bits per heavy atom. The van der Waals surface area contributed by atoms with Crippen LogP contribution in [0, 0.1) is 19.8 Å². The van der Waals surface area contributed by atoms with Gasteiger partial charge in [0.15, 0.2) is 0 Å². The van der Waals surface area contributed by atoms with Crippen LogP contribution >= 0.6 is 0 Å². The second-order valence-electron chi connectivity index (χ2n) is 7.75. The highest BCUT2D eigenvalue weighted by molar-refractivity contribution is 5.22. The molecule has 146 valence electrons. The highest BCUT2D eigenvalue weighted by Crippen LogP contribution is 2.27. The van der Waals surface area contributed by atoms with E-state index in [1.165, 1.54) is 16.7 Å². The summed E-state index contributed by atoms with van der Waals surface area (Å²) in [4.78, 5) is 6.68. The van der Waals surface area contributed by atoms with Crippen molar-refractivity contribution < 1.29 is 9.26 Å². The number of ether oxygens (including phenoxy) is 1. The maximum absolute atomic E-state index is 5.91. The molecule has 28 heavy (non-hydrogen) atoms. The number of hydrogen-bond donors (Lipinski definition) is 0. The number of hydrogen-bond acceptors (Lipinski definition) is 5. The van der Waals surface area contributed by atoms with Gasteiger partial charge in [-0.3, -0.25) is 9.88 Å². The Morgan fingerprint density at radius 1 is 0.964 bits per heavy atom. The minimum atomic E-state index is 0.333. The molecule has 2 aromatic heterocycles. The van der Waals surface area contributed by atoms with Crippen molar-refractivity contribution in [2.45, 2.75) is 39.4 Å². The van der Waals surface area contributed by atoms with Gasteiger partial charge in [-0.15, -0.1) is 0 Å². The summed E-state index contributed by atoms with van der Waals surface area (Å²) in [7, 11) is 0.